The zero-order valence-electron chi connectivity index (χ0n) is 89.9. The van der Waals surface area contributed by atoms with Crippen LogP contribution in [0.4, 0.5) is 39.8 Å². The Morgan fingerprint density at radius 1 is 0.236 bits per heavy atom. The minimum Gasteiger partial charge on any atom is -0.497 e. The molecular formula is C129H161N7O8. The molecule has 0 spiro atoms. The van der Waals surface area contributed by atoms with Gasteiger partial charge in [-0.3, -0.25) is 33.6 Å². The SMILES string of the molecule is CC(=O)Nc1cccc(C(C)C)c1.CC(C)c1cccc(NC(=O)c2ccc3ccccc3c2)c1.CC(C)c1cccc(NC(=O)c2cccc3ccccc23)c1.CC(C)c1cccc(NC(=O)c2ccccc2)c1.CC(C)c1ccccc1.CCC(=O)Nc1cccc(C(C)C)c1.CCCC(=O)Nc1cccc(C(C)C)c1.CCCCCCCCC(=O)Nc1cccc(C(C)C)c1.COc1cccc(C(C)C)c1. The molecule has 0 saturated carbocycles. The average Bonchev–Trinajstić information content (AvgIpc) is 0.803. The molecule has 0 atom stereocenters. The summed E-state index contributed by atoms with van der Waals surface area (Å²) < 4.78 is 5.11. The molecule has 14 aromatic carbocycles. The third-order valence-corrected chi connectivity index (χ3v) is 23.7. The number of rotatable bonds is 30. The Hall–Kier alpha value is -14.3. The predicted molar refractivity (Wildman–Crippen MR) is 613 cm³/mol. The zero-order chi connectivity index (χ0) is 105. The van der Waals surface area contributed by atoms with Gasteiger partial charge in [0.2, 0.25) is 23.6 Å². The smallest absolute Gasteiger partial charge is 0.256 e. The summed E-state index contributed by atoms with van der Waals surface area (Å²) in [4.78, 5) is 82.2. The highest BCUT2D eigenvalue weighted by Gasteiger charge is 2.16. The van der Waals surface area contributed by atoms with Gasteiger partial charge in [0.05, 0.1) is 7.11 Å². The Balaban J connectivity index is 0.000000251. The number of unbranched alkanes of at least 4 members (excludes halogenated alkanes) is 5. The molecule has 14 aromatic rings. The molecule has 15 heteroatoms. The maximum Gasteiger partial charge on any atom is 0.256 e. The summed E-state index contributed by atoms with van der Waals surface area (Å²) in [6.45, 7) is 46.4. The Morgan fingerprint density at radius 2 is 0.542 bits per heavy atom. The molecular weight excluding hydrogens is 1780 g/mol. The number of fused-ring (bicyclic) bond motifs is 2. The van der Waals surface area contributed by atoms with Crippen molar-refractivity contribution >= 4 is 103 Å². The van der Waals surface area contributed by atoms with Crippen molar-refractivity contribution in [1.29, 1.82) is 0 Å². The lowest BCUT2D eigenvalue weighted by Crippen LogP contribution is -2.12. The summed E-state index contributed by atoms with van der Waals surface area (Å²) in [5.74, 6) is 5.53. The maximum absolute atomic E-state index is 12.6. The Labute approximate surface area is 861 Å². The van der Waals surface area contributed by atoms with E-state index in [1.54, 1.807) is 7.11 Å². The van der Waals surface area contributed by atoms with E-state index < -0.39 is 0 Å². The largest absolute Gasteiger partial charge is 0.497 e. The number of hydrogen-bond acceptors (Lipinski definition) is 8. The topological polar surface area (TPSA) is 213 Å². The molecule has 144 heavy (non-hydrogen) atoms. The Morgan fingerprint density at radius 3 is 0.924 bits per heavy atom. The van der Waals surface area contributed by atoms with E-state index in [0.29, 0.717) is 89.2 Å². The van der Waals surface area contributed by atoms with E-state index in [-0.39, 0.29) is 41.4 Å². The van der Waals surface area contributed by atoms with E-state index in [9.17, 15) is 33.6 Å². The first-order valence-electron chi connectivity index (χ1n) is 51.5. The second kappa shape index (κ2) is 65.0. The standard InChI is InChI=1S/2C20H19NO.C18H29NO.C16H17NO.C13H19NO.C12H17NO.C11H15NO.C10H14O.C9H12/c1-14(2)16-9-5-10-17(13-16)21-20(22)19-12-6-8-15-7-3-4-11-18(15)19;1-14(2)16-8-5-9-19(13-16)21-20(22)18-11-10-15-6-3-4-7-17(15)12-18;1-4-5-6-7-8-9-13-18(20)19-17-12-10-11-16(14-17)15(2)3;1-12(2)14-9-6-10-15(11-14)17-16(18)13-7-4-3-5-8-13;1-4-6-13(15)14-12-8-5-7-11(9-12)10(2)3;1-4-12(14)13-11-7-5-6-10(8-11)9(2)3;1-8(2)10-5-4-6-11(7-10)12-9(3)13;1-8(2)9-5-4-6-10(7-9)11-3;1-8(2)9-6-4-3-5-7-9/h2*3-14H,1-2H3,(H,21,22);10-12,14-15H,4-9,13H2,1-3H3,(H,19,20);3-12H,1-2H3,(H,17,18);5,7-10H,4,6H2,1-3H3,(H,14,15);5-9H,4H2,1-3H3,(H,13,14);4-8H,1-3H3,(H,12,13);4-8H,1-3H3;3-8H,1-2H3. The van der Waals surface area contributed by atoms with Crippen molar-refractivity contribution in [3.8, 4) is 5.75 Å². The van der Waals surface area contributed by atoms with Crippen LogP contribution in [0, 0.1) is 0 Å². The summed E-state index contributed by atoms with van der Waals surface area (Å²) in [5, 5.41) is 24.7. The number of amides is 7. The maximum atomic E-state index is 12.6. The number of anilines is 7. The molecule has 0 heterocycles. The van der Waals surface area contributed by atoms with Crippen LogP contribution in [-0.4, -0.2) is 48.5 Å². The van der Waals surface area contributed by atoms with Crippen LogP contribution >= 0.6 is 0 Å². The molecule has 0 aromatic heterocycles. The molecule has 760 valence electrons. The summed E-state index contributed by atoms with van der Waals surface area (Å²) in [7, 11) is 1.69. The lowest BCUT2D eigenvalue weighted by Gasteiger charge is -2.11. The van der Waals surface area contributed by atoms with Gasteiger partial charge in [0.15, 0.2) is 0 Å². The van der Waals surface area contributed by atoms with Gasteiger partial charge in [-0.2, -0.15) is 0 Å². The van der Waals surface area contributed by atoms with Gasteiger partial charge in [0, 0.05) is 82.7 Å². The van der Waals surface area contributed by atoms with Crippen LogP contribution < -0.4 is 42.0 Å². The van der Waals surface area contributed by atoms with Crippen molar-refractivity contribution < 1.29 is 38.3 Å². The summed E-state index contributed by atoms with van der Waals surface area (Å²) in [6.07, 6.45) is 9.93. The fourth-order valence-corrected chi connectivity index (χ4v) is 14.8. The van der Waals surface area contributed by atoms with E-state index in [4.69, 9.17) is 4.74 Å². The summed E-state index contributed by atoms with van der Waals surface area (Å²) in [6, 6.07) is 112. The van der Waals surface area contributed by atoms with Crippen LogP contribution in [0.15, 0.2) is 340 Å². The molecule has 0 radical (unpaired) electrons. The number of carbonyl (C=O) groups is 7. The van der Waals surface area contributed by atoms with Gasteiger partial charge in [-0.05, 0) is 265 Å². The Kier molecular flexibility index (Phi) is 53.4. The van der Waals surface area contributed by atoms with Crippen LogP contribution in [0.2, 0.25) is 0 Å². The molecule has 7 N–H and O–H groups in total. The molecule has 0 aliphatic heterocycles. The van der Waals surface area contributed by atoms with Gasteiger partial charge in [-0.25, -0.2) is 0 Å². The van der Waals surface area contributed by atoms with E-state index in [2.05, 4.69) is 254 Å². The second-order valence-electron chi connectivity index (χ2n) is 38.7. The van der Waals surface area contributed by atoms with Crippen LogP contribution in [0.5, 0.6) is 5.75 Å². The monoisotopic (exact) mass is 1940 g/mol. The van der Waals surface area contributed by atoms with Crippen molar-refractivity contribution in [1.82, 2.24) is 0 Å². The first-order valence-corrected chi connectivity index (χ1v) is 51.5. The number of ether oxygens (including phenoxy) is 1. The molecule has 0 saturated heterocycles. The average molecular weight is 1940 g/mol. The van der Waals surface area contributed by atoms with Crippen LogP contribution in [0.25, 0.3) is 21.5 Å². The molecule has 15 nitrogen and oxygen atoms in total. The molecule has 0 unspecified atom stereocenters. The number of methoxy groups -OCH3 is 1. The molecule has 0 fully saturated rings. The highest BCUT2D eigenvalue weighted by atomic mass is 16.5. The molecule has 7 amide bonds. The van der Waals surface area contributed by atoms with Crippen molar-refractivity contribution in [3.63, 3.8) is 0 Å². The fourth-order valence-electron chi connectivity index (χ4n) is 14.8. The quantitative estimate of drug-likeness (QED) is 0.0215. The first-order chi connectivity index (χ1) is 69.0. The first kappa shape index (κ1) is 118. The van der Waals surface area contributed by atoms with E-state index >= 15 is 0 Å². The minimum atomic E-state index is -0.0772. The van der Waals surface area contributed by atoms with Gasteiger partial charge in [0.1, 0.15) is 5.75 Å². The van der Waals surface area contributed by atoms with Gasteiger partial charge in [0.25, 0.3) is 17.7 Å². The molecule has 14 rings (SSSR count). The number of carbonyl (C=O) groups excluding carboxylic acids is 7. The van der Waals surface area contributed by atoms with Crippen molar-refractivity contribution in [3.05, 3.63) is 406 Å². The lowest BCUT2D eigenvalue weighted by molar-refractivity contribution is -0.117. The van der Waals surface area contributed by atoms with Crippen molar-refractivity contribution in [2.75, 3.05) is 44.3 Å². The van der Waals surface area contributed by atoms with Crippen LogP contribution in [0.3, 0.4) is 0 Å². The van der Waals surface area contributed by atoms with Crippen LogP contribution in [0.1, 0.15) is 351 Å². The van der Waals surface area contributed by atoms with Crippen molar-refractivity contribution in [2.24, 2.45) is 0 Å². The highest BCUT2D eigenvalue weighted by Crippen LogP contribution is 2.29. The second-order valence-corrected chi connectivity index (χ2v) is 38.7. The van der Waals surface area contributed by atoms with Crippen molar-refractivity contribution in [2.45, 2.75) is 270 Å². The Bertz CT molecular complexity index is 6200. The fraction of sp³-hybridized carbons (Fsp3) is 0.326. The highest BCUT2D eigenvalue weighted by molar-refractivity contribution is 6.13. The molecule has 0 aliphatic rings. The van der Waals surface area contributed by atoms with Gasteiger partial charge in [-0.1, -0.05) is 390 Å². The summed E-state index contributed by atoms with van der Waals surface area (Å²) in [5.41, 5.74) is 19.6. The predicted octanol–water partition coefficient (Wildman–Crippen LogP) is 35.1. The lowest BCUT2D eigenvalue weighted by atomic mass is 10.0. The molecule has 0 bridgehead atoms. The normalized spacial score (nSPS) is 10.5. The van der Waals surface area contributed by atoms with E-state index in [1.807, 2.05) is 269 Å². The van der Waals surface area contributed by atoms with E-state index in [0.717, 1.165) is 79.9 Å². The summed E-state index contributed by atoms with van der Waals surface area (Å²) >= 11 is 0. The van der Waals surface area contributed by atoms with Crippen LogP contribution in [-0.2, 0) is 19.2 Å². The molecule has 0 aliphatic carbocycles. The number of nitrogens with one attached hydrogen (secondary N) is 7. The van der Waals surface area contributed by atoms with Gasteiger partial charge >= 0.3 is 0 Å². The zero-order valence-corrected chi connectivity index (χ0v) is 89.9. The number of benzene rings is 14. The minimum absolute atomic E-state index is 0.0269. The third-order valence-electron chi connectivity index (χ3n) is 23.7. The third kappa shape index (κ3) is 44.9. The van der Waals surface area contributed by atoms with E-state index in [1.165, 1.54) is 89.1 Å². The number of hydrogen-bond donors (Lipinski definition) is 7. The van der Waals surface area contributed by atoms with Gasteiger partial charge in [-0.15, -0.1) is 0 Å². The van der Waals surface area contributed by atoms with Gasteiger partial charge < -0.3 is 42.0 Å².